The van der Waals surface area contributed by atoms with Gasteiger partial charge in [-0.25, -0.2) is 13.1 Å². The van der Waals surface area contributed by atoms with Crippen LogP contribution in [0, 0.1) is 6.92 Å². The summed E-state index contributed by atoms with van der Waals surface area (Å²) in [5.74, 6) is 0. The maximum Gasteiger partial charge on any atom is 0.241 e. The Morgan fingerprint density at radius 1 is 1.28 bits per heavy atom. The van der Waals surface area contributed by atoms with Crippen LogP contribution in [0.2, 0.25) is 0 Å². The van der Waals surface area contributed by atoms with Gasteiger partial charge in [-0.3, -0.25) is 0 Å². The van der Waals surface area contributed by atoms with Crippen LogP contribution in [-0.2, 0) is 10.0 Å². The molecule has 0 aliphatic rings. The minimum Gasteiger partial charge on any atom is -0.207 e. The summed E-state index contributed by atoms with van der Waals surface area (Å²) < 4.78 is 27.1. The minimum absolute atomic E-state index is 0.305. The lowest BCUT2D eigenvalue weighted by atomic mass is 10.0. The summed E-state index contributed by atoms with van der Waals surface area (Å²) in [6, 6.07) is 6.85. The molecule has 4 heteroatoms. The molecule has 0 bridgehead atoms. The van der Waals surface area contributed by atoms with Gasteiger partial charge < -0.3 is 0 Å². The van der Waals surface area contributed by atoms with Crippen LogP contribution in [0.4, 0.5) is 0 Å². The molecule has 0 aliphatic heterocycles. The molecular formula is C14H21NO2S. The number of aryl methyl sites for hydroxylation is 1. The third kappa shape index (κ3) is 4.27. The summed E-state index contributed by atoms with van der Waals surface area (Å²) in [6.07, 6.45) is 3.30. The predicted octanol–water partition coefficient (Wildman–Crippen LogP) is 3.02. The monoisotopic (exact) mass is 267 g/mol. The highest BCUT2D eigenvalue weighted by molar-refractivity contribution is 7.89. The number of hydrogen-bond acceptors (Lipinski definition) is 2. The van der Waals surface area contributed by atoms with Crippen molar-refractivity contribution in [2.24, 2.45) is 0 Å². The molecule has 0 heterocycles. The summed E-state index contributed by atoms with van der Waals surface area (Å²) in [7, 11) is -3.45. The van der Waals surface area contributed by atoms with Gasteiger partial charge in [-0.2, -0.15) is 0 Å². The molecule has 0 atom stereocenters. The van der Waals surface area contributed by atoms with E-state index in [0.717, 1.165) is 18.4 Å². The van der Waals surface area contributed by atoms with Crippen LogP contribution in [0.25, 0.3) is 0 Å². The van der Waals surface area contributed by atoms with Gasteiger partial charge in [0.15, 0.2) is 0 Å². The molecule has 1 N–H and O–H groups in total. The van der Waals surface area contributed by atoms with Gasteiger partial charge in [0.2, 0.25) is 10.0 Å². The van der Waals surface area contributed by atoms with Gasteiger partial charge >= 0.3 is 0 Å². The smallest absolute Gasteiger partial charge is 0.207 e. The van der Waals surface area contributed by atoms with Crippen molar-refractivity contribution in [1.29, 1.82) is 0 Å². The summed E-state index contributed by atoms with van der Waals surface area (Å²) in [4.78, 5) is 0.305. The molecule has 1 rings (SSSR count). The van der Waals surface area contributed by atoms with Gasteiger partial charge in [0.1, 0.15) is 0 Å². The first-order chi connectivity index (χ1) is 8.27. The Bertz CT molecular complexity index is 501. The van der Waals surface area contributed by atoms with Crippen molar-refractivity contribution in [2.75, 3.05) is 0 Å². The molecule has 0 aliphatic carbocycles. The highest BCUT2D eigenvalue weighted by Crippen LogP contribution is 2.17. The van der Waals surface area contributed by atoms with Crippen LogP contribution in [0.3, 0.4) is 0 Å². The largest absolute Gasteiger partial charge is 0.241 e. The van der Waals surface area contributed by atoms with Crippen LogP contribution >= 0.6 is 0 Å². The SMILES string of the molecule is C=CCCC(C)(C)NS(=O)(=O)c1ccc(C)cc1. The summed E-state index contributed by atoms with van der Waals surface area (Å²) in [6.45, 7) is 9.33. The normalized spacial score (nSPS) is 12.4. The number of allylic oxidation sites excluding steroid dienone is 1. The van der Waals surface area contributed by atoms with E-state index in [1.54, 1.807) is 30.3 Å². The van der Waals surface area contributed by atoms with Gasteiger partial charge in [-0.05, 0) is 45.7 Å². The second kappa shape index (κ2) is 5.67. The third-order valence-electron chi connectivity index (χ3n) is 2.72. The van der Waals surface area contributed by atoms with E-state index in [-0.39, 0.29) is 0 Å². The molecular weight excluding hydrogens is 246 g/mol. The van der Waals surface area contributed by atoms with Gasteiger partial charge in [0.25, 0.3) is 0 Å². The van der Waals surface area contributed by atoms with Crippen molar-refractivity contribution in [3.8, 4) is 0 Å². The number of nitrogens with one attached hydrogen (secondary N) is 1. The van der Waals surface area contributed by atoms with Crippen molar-refractivity contribution in [3.63, 3.8) is 0 Å². The maximum absolute atomic E-state index is 12.2. The minimum atomic E-state index is -3.45. The highest BCUT2D eigenvalue weighted by atomic mass is 32.2. The average molecular weight is 267 g/mol. The first kappa shape index (κ1) is 14.9. The lowest BCUT2D eigenvalue weighted by molar-refractivity contribution is 0.425. The van der Waals surface area contributed by atoms with Gasteiger partial charge in [0, 0.05) is 5.54 Å². The fourth-order valence-corrected chi connectivity index (χ4v) is 3.10. The van der Waals surface area contributed by atoms with Crippen LogP contribution in [-0.4, -0.2) is 14.0 Å². The molecule has 0 fully saturated rings. The standard InChI is InChI=1S/C14H21NO2S/c1-5-6-11-14(3,4)15-18(16,17)13-9-7-12(2)8-10-13/h5,7-10,15H,1,6,11H2,2-4H3. The van der Waals surface area contributed by atoms with E-state index >= 15 is 0 Å². The Kier molecular flexibility index (Phi) is 4.71. The molecule has 0 saturated carbocycles. The number of benzene rings is 1. The lowest BCUT2D eigenvalue weighted by Crippen LogP contribution is -2.43. The van der Waals surface area contributed by atoms with Gasteiger partial charge in [-0.15, -0.1) is 6.58 Å². The zero-order chi connectivity index (χ0) is 13.8. The lowest BCUT2D eigenvalue weighted by Gasteiger charge is -2.25. The van der Waals surface area contributed by atoms with E-state index in [2.05, 4.69) is 11.3 Å². The molecule has 100 valence electrons. The molecule has 3 nitrogen and oxygen atoms in total. The Hall–Kier alpha value is -1.13. The van der Waals surface area contributed by atoms with E-state index in [4.69, 9.17) is 0 Å². The first-order valence-electron chi connectivity index (χ1n) is 5.98. The van der Waals surface area contributed by atoms with Crippen molar-refractivity contribution in [3.05, 3.63) is 42.5 Å². The Balaban J connectivity index is 2.88. The van der Waals surface area contributed by atoms with E-state index in [1.807, 2.05) is 20.8 Å². The van der Waals surface area contributed by atoms with Crippen LogP contribution in [0.1, 0.15) is 32.3 Å². The zero-order valence-corrected chi connectivity index (χ0v) is 12.0. The van der Waals surface area contributed by atoms with E-state index in [0.29, 0.717) is 4.90 Å². The third-order valence-corrected chi connectivity index (χ3v) is 4.43. The number of sulfonamides is 1. The Morgan fingerprint density at radius 2 is 1.83 bits per heavy atom. The first-order valence-corrected chi connectivity index (χ1v) is 7.47. The van der Waals surface area contributed by atoms with Crippen molar-refractivity contribution in [2.45, 2.75) is 44.0 Å². The Labute approximate surface area is 110 Å². The molecule has 0 spiro atoms. The highest BCUT2D eigenvalue weighted by Gasteiger charge is 2.25. The molecule has 18 heavy (non-hydrogen) atoms. The molecule has 0 unspecified atom stereocenters. The molecule has 0 aromatic heterocycles. The number of rotatable bonds is 6. The van der Waals surface area contributed by atoms with Crippen LogP contribution in [0.5, 0.6) is 0 Å². The fourth-order valence-electron chi connectivity index (χ4n) is 1.65. The summed E-state index contributed by atoms with van der Waals surface area (Å²) in [5.41, 5.74) is 0.567. The van der Waals surface area contributed by atoms with Crippen molar-refractivity contribution >= 4 is 10.0 Å². The maximum atomic E-state index is 12.2. The van der Waals surface area contributed by atoms with Crippen molar-refractivity contribution in [1.82, 2.24) is 4.72 Å². The van der Waals surface area contributed by atoms with Gasteiger partial charge in [0.05, 0.1) is 4.90 Å². The fraction of sp³-hybridized carbons (Fsp3) is 0.429. The molecule has 1 aromatic carbocycles. The van der Waals surface area contributed by atoms with Crippen molar-refractivity contribution < 1.29 is 8.42 Å². The predicted molar refractivity (Wildman–Crippen MR) is 75.0 cm³/mol. The second-order valence-electron chi connectivity index (χ2n) is 5.13. The average Bonchev–Trinajstić information content (AvgIpc) is 2.25. The van der Waals surface area contributed by atoms with Gasteiger partial charge in [-0.1, -0.05) is 23.8 Å². The van der Waals surface area contributed by atoms with Crippen LogP contribution < -0.4 is 4.72 Å². The Morgan fingerprint density at radius 3 is 2.33 bits per heavy atom. The van der Waals surface area contributed by atoms with Crippen LogP contribution in [0.15, 0.2) is 41.8 Å². The van der Waals surface area contributed by atoms with E-state index < -0.39 is 15.6 Å². The molecule has 1 aromatic rings. The quantitative estimate of drug-likeness (QED) is 0.805. The molecule has 0 radical (unpaired) electrons. The summed E-state index contributed by atoms with van der Waals surface area (Å²) in [5, 5.41) is 0. The number of hydrogen-bond donors (Lipinski definition) is 1. The molecule has 0 amide bonds. The molecule has 0 saturated heterocycles. The van der Waals surface area contributed by atoms with E-state index in [9.17, 15) is 8.42 Å². The summed E-state index contributed by atoms with van der Waals surface area (Å²) >= 11 is 0. The van der Waals surface area contributed by atoms with E-state index in [1.165, 1.54) is 0 Å². The zero-order valence-electron chi connectivity index (χ0n) is 11.2. The second-order valence-corrected chi connectivity index (χ2v) is 6.81. The topological polar surface area (TPSA) is 46.2 Å².